The Hall–Kier alpha value is -3.41. The predicted octanol–water partition coefficient (Wildman–Crippen LogP) is 17.6. The van der Waals surface area contributed by atoms with E-state index in [1.807, 2.05) is 0 Å². The van der Waals surface area contributed by atoms with Crippen molar-refractivity contribution in [3.63, 3.8) is 0 Å². The number of hydrogen-bond acceptors (Lipinski definition) is 6. The highest BCUT2D eigenvalue weighted by Crippen LogP contribution is 2.14. The van der Waals surface area contributed by atoms with Crippen LogP contribution >= 0.6 is 0 Å². The summed E-state index contributed by atoms with van der Waals surface area (Å²) in [5.74, 6) is -1.02. The van der Waals surface area contributed by atoms with E-state index in [4.69, 9.17) is 14.2 Å². The topological polar surface area (TPSA) is 78.9 Å². The first-order chi connectivity index (χ1) is 31.5. The molecule has 0 aromatic rings. The average Bonchev–Trinajstić information content (AvgIpc) is 3.29. The van der Waals surface area contributed by atoms with E-state index < -0.39 is 6.10 Å². The zero-order chi connectivity index (χ0) is 46.5. The molecule has 0 radical (unpaired) electrons. The van der Waals surface area contributed by atoms with Gasteiger partial charge in [-0.3, -0.25) is 14.4 Å². The Morgan fingerprint density at radius 1 is 0.312 bits per heavy atom. The number of allylic oxidation sites excluding steroid dienone is 14. The highest BCUT2D eigenvalue weighted by atomic mass is 16.6. The minimum Gasteiger partial charge on any atom is -0.462 e. The maximum atomic E-state index is 12.8. The van der Waals surface area contributed by atoms with Crippen LogP contribution in [0.5, 0.6) is 0 Å². The number of carbonyl (C=O) groups excluding carboxylic acids is 3. The molecule has 0 bridgehead atoms. The van der Waals surface area contributed by atoms with E-state index in [9.17, 15) is 14.4 Å². The Bertz CT molecular complexity index is 1250. The van der Waals surface area contributed by atoms with Crippen LogP contribution in [-0.2, 0) is 28.6 Å². The van der Waals surface area contributed by atoms with Crippen molar-refractivity contribution in [2.24, 2.45) is 0 Å². The van der Waals surface area contributed by atoms with E-state index in [0.29, 0.717) is 19.3 Å². The molecule has 366 valence electrons. The molecule has 0 aliphatic heterocycles. The summed E-state index contributed by atoms with van der Waals surface area (Å²) in [6.45, 7) is 6.51. The molecule has 0 heterocycles. The average molecular weight is 891 g/mol. The highest BCUT2D eigenvalue weighted by molar-refractivity contribution is 5.71. The van der Waals surface area contributed by atoms with E-state index >= 15 is 0 Å². The van der Waals surface area contributed by atoms with Crippen molar-refractivity contribution in [1.29, 1.82) is 0 Å². The van der Waals surface area contributed by atoms with Crippen LogP contribution in [0, 0.1) is 0 Å². The molecule has 0 aromatic carbocycles. The third-order valence-corrected chi connectivity index (χ3v) is 11.1. The van der Waals surface area contributed by atoms with Crippen molar-refractivity contribution in [2.45, 2.75) is 252 Å². The number of carbonyl (C=O) groups is 3. The van der Waals surface area contributed by atoms with Gasteiger partial charge in [-0.05, 0) is 89.9 Å². The molecule has 0 spiro atoms. The molecular formula is C58H98O6. The second kappa shape index (κ2) is 52.2. The van der Waals surface area contributed by atoms with Gasteiger partial charge in [-0.25, -0.2) is 0 Å². The minimum absolute atomic E-state index is 0.118. The van der Waals surface area contributed by atoms with Gasteiger partial charge in [-0.15, -0.1) is 0 Å². The van der Waals surface area contributed by atoms with Gasteiger partial charge >= 0.3 is 17.9 Å². The minimum atomic E-state index is -0.816. The molecule has 6 heteroatoms. The molecule has 0 aromatic heterocycles. The molecule has 0 aliphatic carbocycles. The van der Waals surface area contributed by atoms with Crippen molar-refractivity contribution < 1.29 is 28.6 Å². The zero-order valence-corrected chi connectivity index (χ0v) is 41.8. The van der Waals surface area contributed by atoms with Crippen LogP contribution in [0.25, 0.3) is 0 Å². The van der Waals surface area contributed by atoms with Gasteiger partial charge < -0.3 is 14.2 Å². The monoisotopic (exact) mass is 891 g/mol. The second-order valence-electron chi connectivity index (χ2n) is 17.4. The number of ether oxygens (including phenoxy) is 3. The first-order valence-electron chi connectivity index (χ1n) is 26.6. The van der Waals surface area contributed by atoms with E-state index in [1.54, 1.807) is 0 Å². The van der Waals surface area contributed by atoms with Crippen LogP contribution in [0.1, 0.15) is 245 Å². The molecule has 0 rings (SSSR count). The van der Waals surface area contributed by atoms with Gasteiger partial charge in [-0.1, -0.05) is 221 Å². The second-order valence-corrected chi connectivity index (χ2v) is 17.4. The molecule has 0 unspecified atom stereocenters. The maximum Gasteiger partial charge on any atom is 0.306 e. The summed E-state index contributed by atoms with van der Waals surface area (Å²) in [7, 11) is 0. The molecule has 0 aliphatic rings. The van der Waals surface area contributed by atoms with E-state index in [-0.39, 0.29) is 44.0 Å². The van der Waals surface area contributed by atoms with Crippen LogP contribution in [0.15, 0.2) is 85.1 Å². The molecular weight excluding hydrogens is 793 g/mol. The van der Waals surface area contributed by atoms with E-state index in [0.717, 1.165) is 64.2 Å². The largest absolute Gasteiger partial charge is 0.462 e. The van der Waals surface area contributed by atoms with Gasteiger partial charge in [0.1, 0.15) is 13.2 Å². The SMILES string of the molecule is CCCCC/C=C\C/C=C\C/C=C\C/C=C\CCCC(=O)OC[C@H](COC(=O)CCC/C=C\C/C=C\C/C=C\CCCCCCCC)OC(=O)CCCCCCCCCCCCCC. The summed E-state index contributed by atoms with van der Waals surface area (Å²) >= 11 is 0. The lowest BCUT2D eigenvalue weighted by Crippen LogP contribution is -2.30. The van der Waals surface area contributed by atoms with Crippen molar-refractivity contribution in [3.8, 4) is 0 Å². The van der Waals surface area contributed by atoms with Crippen LogP contribution in [0.3, 0.4) is 0 Å². The summed E-state index contributed by atoms with van der Waals surface area (Å²) in [5, 5.41) is 0. The fourth-order valence-corrected chi connectivity index (χ4v) is 7.10. The lowest BCUT2D eigenvalue weighted by Gasteiger charge is -2.18. The highest BCUT2D eigenvalue weighted by Gasteiger charge is 2.19. The molecule has 1 atom stereocenters. The summed E-state index contributed by atoms with van der Waals surface area (Å²) in [5.41, 5.74) is 0. The Morgan fingerprint density at radius 3 is 0.953 bits per heavy atom. The molecule has 0 fully saturated rings. The number of hydrogen-bond donors (Lipinski definition) is 0. The van der Waals surface area contributed by atoms with Crippen LogP contribution in [-0.4, -0.2) is 37.2 Å². The summed E-state index contributed by atoms with van der Waals surface area (Å²) in [4.78, 5) is 37.9. The fraction of sp³-hybridized carbons (Fsp3) is 0.707. The van der Waals surface area contributed by atoms with Crippen LogP contribution < -0.4 is 0 Å². The summed E-state index contributed by atoms with van der Waals surface area (Å²) < 4.78 is 16.7. The number of esters is 3. The molecule has 6 nitrogen and oxygen atoms in total. The smallest absolute Gasteiger partial charge is 0.306 e. The Morgan fingerprint density at radius 2 is 0.578 bits per heavy atom. The normalized spacial score (nSPS) is 12.7. The third kappa shape index (κ3) is 49.6. The van der Waals surface area contributed by atoms with Crippen molar-refractivity contribution >= 4 is 17.9 Å². The molecule has 64 heavy (non-hydrogen) atoms. The Kier molecular flexibility index (Phi) is 49.4. The van der Waals surface area contributed by atoms with Gasteiger partial charge in [0, 0.05) is 19.3 Å². The van der Waals surface area contributed by atoms with Gasteiger partial charge in [0.25, 0.3) is 0 Å². The molecule has 0 saturated carbocycles. The van der Waals surface area contributed by atoms with Crippen LogP contribution in [0.2, 0.25) is 0 Å². The van der Waals surface area contributed by atoms with Crippen molar-refractivity contribution in [3.05, 3.63) is 85.1 Å². The fourth-order valence-electron chi connectivity index (χ4n) is 7.10. The quantitative estimate of drug-likeness (QED) is 0.0262. The van der Waals surface area contributed by atoms with Gasteiger partial charge in [0.05, 0.1) is 0 Å². The molecule has 0 saturated heterocycles. The molecule has 0 N–H and O–H groups in total. The Balaban J connectivity index is 4.52. The maximum absolute atomic E-state index is 12.8. The predicted molar refractivity (Wildman–Crippen MR) is 274 cm³/mol. The van der Waals surface area contributed by atoms with Gasteiger partial charge in [0.2, 0.25) is 0 Å². The van der Waals surface area contributed by atoms with E-state index in [2.05, 4.69) is 106 Å². The van der Waals surface area contributed by atoms with Gasteiger partial charge in [0.15, 0.2) is 6.10 Å². The lowest BCUT2D eigenvalue weighted by atomic mass is 10.0. The zero-order valence-electron chi connectivity index (χ0n) is 41.8. The third-order valence-electron chi connectivity index (χ3n) is 11.1. The lowest BCUT2D eigenvalue weighted by molar-refractivity contribution is -0.167. The van der Waals surface area contributed by atoms with Gasteiger partial charge in [-0.2, -0.15) is 0 Å². The number of rotatable bonds is 47. The molecule has 0 amide bonds. The van der Waals surface area contributed by atoms with Crippen molar-refractivity contribution in [1.82, 2.24) is 0 Å². The summed E-state index contributed by atoms with van der Waals surface area (Å²) in [6.07, 6.45) is 67.2. The number of unbranched alkanes of at least 4 members (excludes halogenated alkanes) is 22. The Labute approximate surface area is 395 Å². The van der Waals surface area contributed by atoms with E-state index in [1.165, 1.54) is 128 Å². The van der Waals surface area contributed by atoms with Crippen LogP contribution in [0.4, 0.5) is 0 Å². The first-order valence-corrected chi connectivity index (χ1v) is 26.6. The van der Waals surface area contributed by atoms with Crippen molar-refractivity contribution in [2.75, 3.05) is 13.2 Å². The standard InChI is InChI=1S/C58H98O6/c1-4-7-10-13-16-19-22-25-27-29-31-33-36-38-41-44-47-50-56(59)62-53-55(64-58(61)52-49-46-43-40-35-24-21-18-15-12-9-6-3)54-63-57(60)51-48-45-42-39-37-34-32-30-28-26-23-20-17-14-11-8-5-2/h16,19,25-28,31-34,38-39,41-42,55H,4-15,17-18,20-24,29-30,35-37,40,43-54H2,1-3H3/b19-16-,27-25-,28-26-,33-31-,34-32-,41-38-,42-39-/t55-/m1/s1. The first kappa shape index (κ1) is 60.6. The summed E-state index contributed by atoms with van der Waals surface area (Å²) in [6, 6.07) is 0.